The predicted molar refractivity (Wildman–Crippen MR) is 40.8 cm³/mol. The smallest absolute Gasteiger partial charge is 0.0694 e. The second-order valence-electron chi connectivity index (χ2n) is 1.32. The Bertz CT molecular complexity index is 80.6. The molecule has 0 heterocycles. The molecule has 0 saturated carbocycles. The molecule has 0 aromatic rings. The molecule has 0 rings (SSSR count). The first kappa shape index (κ1) is 7.79. The third-order valence-corrected chi connectivity index (χ3v) is 1.64. The summed E-state index contributed by atoms with van der Waals surface area (Å²) in [5.74, 6) is 0.896. The molecule has 2 N–H and O–H groups in total. The van der Waals surface area contributed by atoms with Gasteiger partial charge in [0.2, 0.25) is 0 Å². The van der Waals surface area contributed by atoms with Crippen LogP contribution in [0.25, 0.3) is 0 Å². The third kappa shape index (κ3) is 3.96. The number of rotatable bonds is 4. The van der Waals surface area contributed by atoms with Gasteiger partial charge >= 0.3 is 0 Å². The van der Waals surface area contributed by atoms with E-state index >= 15 is 0 Å². The van der Waals surface area contributed by atoms with Crippen molar-refractivity contribution in [1.29, 1.82) is 0 Å². The highest BCUT2D eigenvalue weighted by Crippen LogP contribution is 2.04. The van der Waals surface area contributed by atoms with E-state index in [0.717, 1.165) is 5.75 Å². The van der Waals surface area contributed by atoms with Crippen molar-refractivity contribution < 1.29 is 0 Å². The molecule has 0 saturated heterocycles. The van der Waals surface area contributed by atoms with Crippen LogP contribution in [-0.4, -0.2) is 11.1 Å². The Kier molecular flexibility index (Phi) is 4.81. The van der Waals surface area contributed by atoms with Gasteiger partial charge in [-0.25, -0.2) is 0 Å². The Hall–Kier alpha value is -0.210. The molecular formula is C6H11NS. The summed E-state index contributed by atoms with van der Waals surface area (Å²) in [6.45, 7) is 7.09. The summed E-state index contributed by atoms with van der Waals surface area (Å²) < 4.78 is 0. The van der Waals surface area contributed by atoms with Crippen LogP contribution in [0.1, 0.15) is 0 Å². The van der Waals surface area contributed by atoms with E-state index in [1.54, 1.807) is 17.8 Å². The molecule has 1 atom stereocenters. The van der Waals surface area contributed by atoms with Gasteiger partial charge in [-0.2, -0.15) is 0 Å². The average molecular weight is 129 g/mol. The Morgan fingerprint density at radius 1 is 1.62 bits per heavy atom. The third-order valence-electron chi connectivity index (χ3n) is 0.639. The van der Waals surface area contributed by atoms with E-state index in [9.17, 15) is 0 Å². The zero-order chi connectivity index (χ0) is 6.41. The molecule has 0 aliphatic heterocycles. The molecule has 0 amide bonds. The number of nitrogens with two attached hydrogens (primary N) is 1. The highest BCUT2D eigenvalue weighted by molar-refractivity contribution is 8.00. The molecule has 0 aliphatic carbocycles. The Morgan fingerprint density at radius 3 is 2.62 bits per heavy atom. The predicted octanol–water partition coefficient (Wildman–Crippen LogP) is 1.38. The summed E-state index contributed by atoms with van der Waals surface area (Å²) in [6.07, 6.45) is 3.54. The molecule has 0 aromatic carbocycles. The lowest BCUT2D eigenvalue weighted by atomic mass is 10.7. The number of hydrogen-bond donors (Lipinski definition) is 1. The molecule has 0 radical (unpaired) electrons. The van der Waals surface area contributed by atoms with Crippen molar-refractivity contribution in [1.82, 2.24) is 0 Å². The monoisotopic (exact) mass is 129 g/mol. The highest BCUT2D eigenvalue weighted by atomic mass is 32.2. The van der Waals surface area contributed by atoms with Crippen LogP contribution in [0.2, 0.25) is 0 Å². The molecule has 0 spiro atoms. The van der Waals surface area contributed by atoms with E-state index in [2.05, 4.69) is 13.2 Å². The summed E-state index contributed by atoms with van der Waals surface area (Å²) in [5, 5.41) is 0.0630. The second-order valence-corrected chi connectivity index (χ2v) is 2.53. The molecule has 0 fully saturated rings. The van der Waals surface area contributed by atoms with Crippen molar-refractivity contribution in [3.05, 3.63) is 25.3 Å². The fraction of sp³-hybridized carbons (Fsp3) is 0.333. The van der Waals surface area contributed by atoms with Crippen molar-refractivity contribution >= 4 is 11.8 Å². The van der Waals surface area contributed by atoms with E-state index in [1.165, 1.54) is 0 Å². The zero-order valence-electron chi connectivity index (χ0n) is 4.84. The van der Waals surface area contributed by atoms with Gasteiger partial charge in [-0.05, 0) is 0 Å². The minimum Gasteiger partial charge on any atom is -0.316 e. The second kappa shape index (κ2) is 4.94. The Labute approximate surface area is 54.6 Å². The van der Waals surface area contributed by atoms with Gasteiger partial charge in [0.1, 0.15) is 0 Å². The van der Waals surface area contributed by atoms with Gasteiger partial charge in [0.25, 0.3) is 0 Å². The Morgan fingerprint density at radius 2 is 2.25 bits per heavy atom. The first-order valence-electron chi connectivity index (χ1n) is 2.42. The Balaban J connectivity index is 3.09. The van der Waals surface area contributed by atoms with Crippen LogP contribution < -0.4 is 5.73 Å². The molecule has 8 heavy (non-hydrogen) atoms. The van der Waals surface area contributed by atoms with E-state index in [-0.39, 0.29) is 5.37 Å². The lowest BCUT2D eigenvalue weighted by Gasteiger charge is -2.00. The minimum absolute atomic E-state index is 0.0630. The van der Waals surface area contributed by atoms with Crippen molar-refractivity contribution in [3.63, 3.8) is 0 Å². The maximum atomic E-state index is 5.46. The lowest BCUT2D eigenvalue weighted by Crippen LogP contribution is -2.10. The number of thioether (sulfide) groups is 1. The zero-order valence-corrected chi connectivity index (χ0v) is 5.66. The lowest BCUT2D eigenvalue weighted by molar-refractivity contribution is 1.17. The maximum absolute atomic E-state index is 5.46. The van der Waals surface area contributed by atoms with Gasteiger partial charge in [0.15, 0.2) is 0 Å². The minimum atomic E-state index is 0.0630. The number of hydrogen-bond acceptors (Lipinski definition) is 2. The van der Waals surface area contributed by atoms with Crippen LogP contribution in [0.5, 0.6) is 0 Å². The largest absolute Gasteiger partial charge is 0.316 e. The molecular weight excluding hydrogens is 118 g/mol. The quantitative estimate of drug-likeness (QED) is 0.458. The van der Waals surface area contributed by atoms with Gasteiger partial charge in [-0.15, -0.1) is 24.9 Å². The molecule has 0 aliphatic rings. The normalized spacial score (nSPS) is 12.6. The van der Waals surface area contributed by atoms with Gasteiger partial charge in [0, 0.05) is 5.75 Å². The maximum Gasteiger partial charge on any atom is 0.0694 e. The van der Waals surface area contributed by atoms with Gasteiger partial charge in [-0.1, -0.05) is 12.2 Å². The first-order chi connectivity index (χ1) is 3.81. The summed E-state index contributed by atoms with van der Waals surface area (Å²) >= 11 is 1.62. The molecule has 46 valence electrons. The standard InChI is InChI=1S/C6H11NS/c1-3-5-8-6(7)4-2/h3-4,6H,1-2,5,7H2. The van der Waals surface area contributed by atoms with E-state index < -0.39 is 0 Å². The summed E-state index contributed by atoms with van der Waals surface area (Å²) in [5.41, 5.74) is 5.46. The summed E-state index contributed by atoms with van der Waals surface area (Å²) in [4.78, 5) is 0. The summed E-state index contributed by atoms with van der Waals surface area (Å²) in [7, 11) is 0. The average Bonchev–Trinajstić information content (AvgIpc) is 1.83. The van der Waals surface area contributed by atoms with Crippen molar-refractivity contribution in [2.45, 2.75) is 5.37 Å². The van der Waals surface area contributed by atoms with Crippen LogP contribution in [-0.2, 0) is 0 Å². The van der Waals surface area contributed by atoms with Gasteiger partial charge in [0.05, 0.1) is 5.37 Å². The van der Waals surface area contributed by atoms with Crippen molar-refractivity contribution in [2.75, 3.05) is 5.75 Å². The topological polar surface area (TPSA) is 26.0 Å². The van der Waals surface area contributed by atoms with E-state index in [4.69, 9.17) is 5.73 Å². The molecule has 2 heteroatoms. The van der Waals surface area contributed by atoms with E-state index in [0.29, 0.717) is 0 Å². The SMILES string of the molecule is C=CCSC(N)C=C. The first-order valence-corrected chi connectivity index (χ1v) is 3.46. The van der Waals surface area contributed by atoms with Crippen LogP contribution in [0.3, 0.4) is 0 Å². The van der Waals surface area contributed by atoms with Crippen LogP contribution >= 0.6 is 11.8 Å². The van der Waals surface area contributed by atoms with E-state index in [1.807, 2.05) is 6.08 Å². The van der Waals surface area contributed by atoms with Crippen molar-refractivity contribution in [3.8, 4) is 0 Å². The molecule has 0 aromatic heterocycles. The fourth-order valence-electron chi connectivity index (χ4n) is 0.247. The van der Waals surface area contributed by atoms with Crippen LogP contribution in [0, 0.1) is 0 Å². The van der Waals surface area contributed by atoms with Crippen molar-refractivity contribution in [2.24, 2.45) is 5.73 Å². The van der Waals surface area contributed by atoms with Gasteiger partial charge < -0.3 is 5.73 Å². The molecule has 1 unspecified atom stereocenters. The van der Waals surface area contributed by atoms with Crippen LogP contribution in [0.15, 0.2) is 25.3 Å². The van der Waals surface area contributed by atoms with Gasteiger partial charge in [-0.3, -0.25) is 0 Å². The van der Waals surface area contributed by atoms with Crippen LogP contribution in [0.4, 0.5) is 0 Å². The highest BCUT2D eigenvalue weighted by Gasteiger charge is 1.90. The molecule has 1 nitrogen and oxygen atoms in total. The summed E-state index contributed by atoms with van der Waals surface area (Å²) in [6, 6.07) is 0. The fourth-order valence-corrected chi connectivity index (χ4v) is 0.742. The molecule has 0 bridgehead atoms.